The van der Waals surface area contributed by atoms with Gasteiger partial charge in [-0.1, -0.05) is 0 Å². The Labute approximate surface area is 72.6 Å². The Hall–Kier alpha value is -0.884. The Bertz CT molecular complexity index is 176. The first kappa shape index (κ1) is 12.8. The minimum Gasteiger partial charge on any atom is -0.550 e. The van der Waals surface area contributed by atoms with E-state index in [1.807, 2.05) is 0 Å². The molecule has 0 saturated heterocycles. The van der Waals surface area contributed by atoms with Gasteiger partial charge in [0.15, 0.2) is 5.78 Å². The zero-order chi connectivity index (χ0) is 8.15. The van der Waals surface area contributed by atoms with Crippen LogP contribution in [0.1, 0.15) is 12.8 Å². The summed E-state index contributed by atoms with van der Waals surface area (Å²) in [6, 6.07) is 0. The molecule has 0 atom stereocenters. The minimum absolute atomic E-state index is 0. The molecule has 0 bridgehead atoms. The van der Waals surface area contributed by atoms with Crippen LogP contribution in [-0.4, -0.2) is 17.7 Å². The molecule has 0 N–H and O–H groups in total. The second-order valence-electron chi connectivity index (χ2n) is 1.58. The predicted molar refractivity (Wildman–Crippen MR) is 24.3 cm³/mol. The fourth-order valence-corrected chi connectivity index (χ4v) is 0.318. The zero-order valence-corrected chi connectivity index (χ0v) is 6.33. The molecular weight excluding hydrogens is 199 g/mol. The molecule has 0 amide bonds. The van der Waals surface area contributed by atoms with E-state index in [4.69, 9.17) is 0 Å². The number of rotatable bonds is 4. The SMILES string of the molecule is O=C([O-])CCC(=O)C(=O)[O-].[Co+2]. The van der Waals surface area contributed by atoms with Gasteiger partial charge in [-0.25, -0.2) is 0 Å². The van der Waals surface area contributed by atoms with Gasteiger partial charge in [-0.3, -0.25) is 4.79 Å². The molecule has 1 radical (unpaired) electrons. The van der Waals surface area contributed by atoms with Crippen molar-refractivity contribution in [1.29, 1.82) is 0 Å². The van der Waals surface area contributed by atoms with E-state index in [1.54, 1.807) is 0 Å². The van der Waals surface area contributed by atoms with E-state index in [0.717, 1.165) is 0 Å². The van der Waals surface area contributed by atoms with Crippen molar-refractivity contribution < 1.29 is 41.4 Å². The fraction of sp³-hybridized carbons (Fsp3) is 0.400. The summed E-state index contributed by atoms with van der Waals surface area (Å²) < 4.78 is 0. The topological polar surface area (TPSA) is 97.3 Å². The van der Waals surface area contributed by atoms with Gasteiger partial charge in [0.1, 0.15) is 5.97 Å². The maximum Gasteiger partial charge on any atom is 2.00 e. The third kappa shape index (κ3) is 7.01. The van der Waals surface area contributed by atoms with E-state index in [-0.39, 0.29) is 16.8 Å². The number of hydrogen-bond donors (Lipinski definition) is 0. The van der Waals surface area contributed by atoms with Crippen molar-refractivity contribution in [1.82, 2.24) is 0 Å². The molecule has 63 valence electrons. The van der Waals surface area contributed by atoms with Crippen LogP contribution in [0, 0.1) is 0 Å². The van der Waals surface area contributed by atoms with Gasteiger partial charge in [0.05, 0.1) is 0 Å². The monoisotopic (exact) mass is 203 g/mol. The molecule has 6 heteroatoms. The van der Waals surface area contributed by atoms with Crippen molar-refractivity contribution in [3.05, 3.63) is 0 Å². The van der Waals surface area contributed by atoms with Crippen LogP contribution >= 0.6 is 0 Å². The van der Waals surface area contributed by atoms with Crippen LogP contribution in [0.15, 0.2) is 0 Å². The van der Waals surface area contributed by atoms with Crippen LogP contribution < -0.4 is 10.2 Å². The Kier molecular flexibility index (Phi) is 6.81. The molecule has 0 saturated carbocycles. The Balaban J connectivity index is 0. The van der Waals surface area contributed by atoms with Crippen LogP contribution in [0.5, 0.6) is 0 Å². The maximum atomic E-state index is 10.1. The average Bonchev–Trinajstić information content (AvgIpc) is 1.82. The van der Waals surface area contributed by atoms with Crippen molar-refractivity contribution in [3.8, 4) is 0 Å². The normalized spacial score (nSPS) is 8.00. The molecule has 0 aliphatic carbocycles. The molecule has 0 aliphatic rings. The molecule has 0 aromatic heterocycles. The van der Waals surface area contributed by atoms with Crippen molar-refractivity contribution in [2.75, 3.05) is 0 Å². The smallest absolute Gasteiger partial charge is 0.550 e. The quantitative estimate of drug-likeness (QED) is 0.449. The molecule has 0 aromatic rings. The molecule has 0 unspecified atom stereocenters. The van der Waals surface area contributed by atoms with Crippen molar-refractivity contribution in [3.63, 3.8) is 0 Å². The van der Waals surface area contributed by atoms with E-state index in [0.29, 0.717) is 0 Å². The number of Topliss-reactive ketones (excluding diaryl/α,β-unsaturated/α-hetero) is 1. The summed E-state index contributed by atoms with van der Waals surface area (Å²) in [5, 5.41) is 19.3. The second kappa shape index (κ2) is 5.87. The second-order valence-corrected chi connectivity index (χ2v) is 1.58. The number of carbonyl (C=O) groups is 3. The average molecular weight is 203 g/mol. The Morgan fingerprint density at radius 1 is 1.00 bits per heavy atom. The third-order valence-corrected chi connectivity index (χ3v) is 0.784. The van der Waals surface area contributed by atoms with Gasteiger partial charge >= 0.3 is 16.8 Å². The van der Waals surface area contributed by atoms with Gasteiger partial charge in [0, 0.05) is 12.4 Å². The molecule has 0 aliphatic heterocycles. The summed E-state index contributed by atoms with van der Waals surface area (Å²) in [5.41, 5.74) is 0. The largest absolute Gasteiger partial charge is 2.00 e. The first-order valence-electron chi connectivity index (χ1n) is 2.48. The van der Waals surface area contributed by atoms with Crippen molar-refractivity contribution >= 4 is 17.7 Å². The summed E-state index contributed by atoms with van der Waals surface area (Å²) in [4.78, 5) is 29.4. The van der Waals surface area contributed by atoms with Gasteiger partial charge in [0.25, 0.3) is 0 Å². The maximum absolute atomic E-state index is 10.1. The number of ketones is 1. The van der Waals surface area contributed by atoms with Gasteiger partial charge < -0.3 is 19.8 Å². The van der Waals surface area contributed by atoms with Crippen LogP contribution in [0.4, 0.5) is 0 Å². The van der Waals surface area contributed by atoms with Gasteiger partial charge in [-0.05, 0) is 6.42 Å². The molecule has 0 spiro atoms. The van der Waals surface area contributed by atoms with E-state index in [9.17, 15) is 24.6 Å². The van der Waals surface area contributed by atoms with Gasteiger partial charge in [-0.2, -0.15) is 0 Å². The zero-order valence-electron chi connectivity index (χ0n) is 5.29. The van der Waals surface area contributed by atoms with E-state index >= 15 is 0 Å². The molecule has 0 aromatic carbocycles. The Morgan fingerprint density at radius 2 is 1.45 bits per heavy atom. The summed E-state index contributed by atoms with van der Waals surface area (Å²) >= 11 is 0. The summed E-state index contributed by atoms with van der Waals surface area (Å²) in [7, 11) is 0. The Morgan fingerprint density at radius 3 is 1.73 bits per heavy atom. The van der Waals surface area contributed by atoms with Crippen molar-refractivity contribution in [2.45, 2.75) is 12.8 Å². The molecular formula is C5H4CoO5. The molecule has 11 heavy (non-hydrogen) atoms. The standard InChI is InChI=1S/C5H6O5.Co/c6-3(5(9)10)1-2-4(7)8;/h1-2H2,(H,7,8)(H,9,10);/q;+2/p-2. The fourth-order valence-electron chi connectivity index (χ4n) is 0.318. The van der Waals surface area contributed by atoms with Gasteiger partial charge in [0.2, 0.25) is 0 Å². The van der Waals surface area contributed by atoms with E-state index in [1.165, 1.54) is 0 Å². The van der Waals surface area contributed by atoms with Crippen molar-refractivity contribution in [2.24, 2.45) is 0 Å². The summed E-state index contributed by atoms with van der Waals surface area (Å²) in [6.07, 6.45) is -1.14. The molecule has 0 fully saturated rings. The summed E-state index contributed by atoms with van der Waals surface area (Å²) in [6.45, 7) is 0. The number of aliphatic carboxylic acids is 2. The first-order valence-corrected chi connectivity index (χ1v) is 2.48. The number of hydrogen-bond acceptors (Lipinski definition) is 5. The molecule has 0 heterocycles. The van der Waals surface area contributed by atoms with E-state index < -0.39 is 30.6 Å². The molecule has 5 nitrogen and oxygen atoms in total. The number of carbonyl (C=O) groups excluding carboxylic acids is 3. The van der Waals surface area contributed by atoms with E-state index in [2.05, 4.69) is 0 Å². The summed E-state index contributed by atoms with van der Waals surface area (Å²) in [5.74, 6) is -4.53. The van der Waals surface area contributed by atoms with Crippen LogP contribution in [-0.2, 0) is 31.2 Å². The number of carboxylic acids is 2. The minimum atomic E-state index is -1.86. The third-order valence-electron chi connectivity index (χ3n) is 0.784. The van der Waals surface area contributed by atoms with Crippen LogP contribution in [0.3, 0.4) is 0 Å². The number of carboxylic acid groups (broad SMARTS) is 2. The predicted octanol–water partition coefficient (Wildman–Crippen LogP) is -3.17. The van der Waals surface area contributed by atoms with Crippen LogP contribution in [0.25, 0.3) is 0 Å². The van der Waals surface area contributed by atoms with Crippen LogP contribution in [0.2, 0.25) is 0 Å². The molecule has 0 rings (SSSR count). The first-order chi connectivity index (χ1) is 4.54. The van der Waals surface area contributed by atoms with Gasteiger partial charge in [-0.15, -0.1) is 0 Å².